The highest BCUT2D eigenvalue weighted by atomic mass is 32.1. The van der Waals surface area contributed by atoms with Crippen LogP contribution in [0.2, 0.25) is 0 Å². The molecule has 5 nitrogen and oxygen atoms in total. The Kier molecular flexibility index (Phi) is 3.97. The van der Waals surface area contributed by atoms with Crippen LogP contribution in [0.15, 0.2) is 0 Å². The van der Waals surface area contributed by atoms with Gasteiger partial charge in [-0.1, -0.05) is 0 Å². The zero-order chi connectivity index (χ0) is 10.6. The minimum Gasteiger partial charge on any atom is -0.490 e. The Morgan fingerprint density at radius 3 is 2.86 bits per heavy atom. The number of nitrogens with one attached hydrogen (secondary N) is 1. The van der Waals surface area contributed by atoms with Crippen LogP contribution in [-0.4, -0.2) is 43.6 Å². The van der Waals surface area contributed by atoms with Crippen molar-refractivity contribution in [1.82, 2.24) is 9.27 Å². The lowest BCUT2D eigenvalue weighted by atomic mass is 10.5. The van der Waals surface area contributed by atoms with Gasteiger partial charge >= 0.3 is 0 Å². The maximum Gasteiger partial charge on any atom is 0.197 e. The van der Waals surface area contributed by atoms with Gasteiger partial charge in [0.15, 0.2) is 16.6 Å². The molecule has 1 aromatic heterocycles. The van der Waals surface area contributed by atoms with Crippen molar-refractivity contribution in [2.45, 2.75) is 0 Å². The summed E-state index contributed by atoms with van der Waals surface area (Å²) in [6.07, 6.45) is 0. The van der Waals surface area contributed by atoms with Crippen molar-refractivity contribution < 1.29 is 4.74 Å². The number of nitrogen functional groups attached to an aromatic ring is 1. The van der Waals surface area contributed by atoms with Crippen LogP contribution in [0, 0.1) is 0 Å². The van der Waals surface area contributed by atoms with Crippen LogP contribution in [-0.2, 0) is 0 Å². The van der Waals surface area contributed by atoms with E-state index in [1.165, 1.54) is 11.5 Å². The molecule has 80 valence electrons. The number of likely N-dealkylation sites (N-methyl/N-ethyl adjacent to an activating group) is 1. The zero-order valence-electron chi connectivity index (χ0n) is 8.70. The highest BCUT2D eigenvalue weighted by Gasteiger charge is 2.10. The number of hydrogen-bond acceptors (Lipinski definition) is 6. The average Bonchev–Trinajstić information content (AvgIpc) is 2.46. The van der Waals surface area contributed by atoms with Crippen LogP contribution in [0.5, 0.6) is 5.75 Å². The molecule has 0 bridgehead atoms. The number of hydrogen-bond donors (Lipinski definition) is 2. The lowest BCUT2D eigenvalue weighted by Crippen LogP contribution is -2.20. The molecule has 6 heteroatoms. The monoisotopic (exact) mass is 216 g/mol. The van der Waals surface area contributed by atoms with E-state index in [4.69, 9.17) is 10.5 Å². The fraction of sp³-hybridized carbons (Fsp3) is 0.625. The number of aromatic nitrogens is 1. The molecule has 1 aromatic rings. The van der Waals surface area contributed by atoms with Crippen molar-refractivity contribution in [3.63, 3.8) is 0 Å². The maximum atomic E-state index is 5.61. The van der Waals surface area contributed by atoms with Gasteiger partial charge in [-0.25, -0.2) is 0 Å². The fourth-order valence-electron chi connectivity index (χ4n) is 0.997. The molecule has 0 amide bonds. The maximum absolute atomic E-state index is 5.61. The molecule has 0 spiro atoms. The lowest BCUT2D eigenvalue weighted by Gasteiger charge is -2.10. The predicted molar refractivity (Wildman–Crippen MR) is 60.1 cm³/mol. The minimum atomic E-state index is 0.449. The summed E-state index contributed by atoms with van der Waals surface area (Å²) < 4.78 is 9.12. The van der Waals surface area contributed by atoms with E-state index in [2.05, 4.69) is 14.6 Å². The number of methoxy groups -OCH3 is 1. The molecule has 0 fully saturated rings. The van der Waals surface area contributed by atoms with E-state index < -0.39 is 0 Å². The molecule has 0 aromatic carbocycles. The van der Waals surface area contributed by atoms with Crippen molar-refractivity contribution in [1.29, 1.82) is 0 Å². The zero-order valence-corrected chi connectivity index (χ0v) is 9.52. The second-order valence-electron chi connectivity index (χ2n) is 3.16. The predicted octanol–water partition coefficient (Wildman–Crippen LogP) is 0.707. The molecule has 0 unspecified atom stereocenters. The Bertz CT molecular complexity index is 287. The van der Waals surface area contributed by atoms with Crippen molar-refractivity contribution in [3.8, 4) is 5.75 Å². The van der Waals surface area contributed by atoms with Crippen molar-refractivity contribution in [3.05, 3.63) is 0 Å². The van der Waals surface area contributed by atoms with Gasteiger partial charge in [-0.05, 0) is 25.6 Å². The Hall–Kier alpha value is -1.01. The molecule has 3 N–H and O–H groups in total. The molecular weight excluding hydrogens is 200 g/mol. The minimum absolute atomic E-state index is 0.449. The topological polar surface area (TPSA) is 63.4 Å². The van der Waals surface area contributed by atoms with Crippen LogP contribution in [0.3, 0.4) is 0 Å². The van der Waals surface area contributed by atoms with Gasteiger partial charge in [0.05, 0.1) is 7.11 Å². The van der Waals surface area contributed by atoms with Gasteiger partial charge < -0.3 is 20.7 Å². The molecule has 0 radical (unpaired) electrons. The molecule has 1 rings (SSSR count). The van der Waals surface area contributed by atoms with Crippen molar-refractivity contribution in [2.75, 3.05) is 45.3 Å². The highest BCUT2D eigenvalue weighted by Crippen LogP contribution is 2.34. The summed E-state index contributed by atoms with van der Waals surface area (Å²) in [5.74, 6) is 1.10. The van der Waals surface area contributed by atoms with Gasteiger partial charge in [-0.3, -0.25) is 0 Å². The standard InChI is InChI=1S/C8H16N4OS/c1-12(2)5-4-10-8-6(13-3)7(9)11-14-8/h10H,4-5H2,1-3H3,(H2,9,11). The third kappa shape index (κ3) is 2.74. The Morgan fingerprint density at radius 2 is 2.29 bits per heavy atom. The van der Waals surface area contributed by atoms with Gasteiger partial charge in [0.1, 0.15) is 0 Å². The number of rotatable bonds is 5. The number of nitrogens with zero attached hydrogens (tertiary/aromatic N) is 2. The van der Waals surface area contributed by atoms with Crippen LogP contribution in [0.4, 0.5) is 10.8 Å². The summed E-state index contributed by atoms with van der Waals surface area (Å²) in [5.41, 5.74) is 5.61. The van der Waals surface area contributed by atoms with E-state index in [0.29, 0.717) is 11.6 Å². The van der Waals surface area contributed by atoms with Crippen LogP contribution < -0.4 is 15.8 Å². The molecule has 0 atom stereocenters. The molecular formula is C8H16N4OS. The summed E-state index contributed by atoms with van der Waals surface area (Å²) in [4.78, 5) is 2.10. The average molecular weight is 216 g/mol. The molecule has 0 aliphatic carbocycles. The number of anilines is 2. The molecule has 0 aliphatic heterocycles. The van der Waals surface area contributed by atoms with Crippen molar-refractivity contribution >= 4 is 22.4 Å². The Morgan fingerprint density at radius 1 is 1.57 bits per heavy atom. The normalized spacial score (nSPS) is 10.6. The molecule has 0 aliphatic rings. The lowest BCUT2D eigenvalue weighted by molar-refractivity contribution is 0.415. The quantitative estimate of drug-likeness (QED) is 0.759. The first-order valence-electron chi connectivity index (χ1n) is 4.33. The largest absolute Gasteiger partial charge is 0.490 e. The third-order valence-electron chi connectivity index (χ3n) is 1.72. The summed E-state index contributed by atoms with van der Waals surface area (Å²) in [6, 6.07) is 0. The summed E-state index contributed by atoms with van der Waals surface area (Å²) >= 11 is 1.32. The third-order valence-corrected chi connectivity index (χ3v) is 2.52. The van der Waals surface area contributed by atoms with E-state index in [0.717, 1.165) is 18.1 Å². The SMILES string of the molecule is COc1c(N)nsc1NCCN(C)C. The van der Waals surface area contributed by atoms with Gasteiger partial charge in [0.2, 0.25) is 0 Å². The van der Waals surface area contributed by atoms with E-state index in [-0.39, 0.29) is 0 Å². The summed E-state index contributed by atoms with van der Waals surface area (Å²) in [5, 5.41) is 4.12. The van der Waals surface area contributed by atoms with Crippen LogP contribution in [0.1, 0.15) is 0 Å². The van der Waals surface area contributed by atoms with E-state index >= 15 is 0 Å². The second-order valence-corrected chi connectivity index (χ2v) is 3.93. The fourth-order valence-corrected chi connectivity index (χ4v) is 1.71. The second kappa shape index (κ2) is 5.02. The smallest absolute Gasteiger partial charge is 0.197 e. The Labute approximate surface area is 88.0 Å². The first-order valence-corrected chi connectivity index (χ1v) is 5.10. The summed E-state index contributed by atoms with van der Waals surface area (Å²) in [6.45, 7) is 1.81. The van der Waals surface area contributed by atoms with E-state index in [1.54, 1.807) is 7.11 Å². The van der Waals surface area contributed by atoms with Crippen LogP contribution in [0.25, 0.3) is 0 Å². The molecule has 1 heterocycles. The Balaban J connectivity index is 2.50. The summed E-state index contributed by atoms with van der Waals surface area (Å²) in [7, 11) is 5.65. The van der Waals surface area contributed by atoms with Gasteiger partial charge in [-0.2, -0.15) is 4.37 Å². The first kappa shape index (κ1) is 11.1. The first-order chi connectivity index (χ1) is 6.65. The van der Waals surface area contributed by atoms with Gasteiger partial charge in [0.25, 0.3) is 0 Å². The van der Waals surface area contributed by atoms with E-state index in [1.807, 2.05) is 14.1 Å². The van der Waals surface area contributed by atoms with Crippen LogP contribution >= 0.6 is 11.5 Å². The highest BCUT2D eigenvalue weighted by molar-refractivity contribution is 7.11. The van der Waals surface area contributed by atoms with Gasteiger partial charge in [0, 0.05) is 13.1 Å². The van der Waals surface area contributed by atoms with Crippen molar-refractivity contribution in [2.24, 2.45) is 0 Å². The molecule has 0 saturated carbocycles. The molecule has 0 saturated heterocycles. The number of nitrogens with two attached hydrogens (primary N) is 1. The molecule has 14 heavy (non-hydrogen) atoms. The van der Waals surface area contributed by atoms with Gasteiger partial charge in [-0.15, -0.1) is 0 Å². The van der Waals surface area contributed by atoms with E-state index in [9.17, 15) is 0 Å². The number of ether oxygens (including phenoxy) is 1.